The average Bonchev–Trinajstić information content (AvgIpc) is 2.28. The van der Waals surface area contributed by atoms with Crippen LogP contribution in [-0.4, -0.2) is 25.0 Å². The maximum atomic E-state index is 11.7. The van der Waals surface area contributed by atoms with Crippen LogP contribution >= 0.6 is 0 Å². The van der Waals surface area contributed by atoms with Crippen LogP contribution < -0.4 is 10.6 Å². The minimum Gasteiger partial charge on any atom is -0.356 e. The van der Waals surface area contributed by atoms with Gasteiger partial charge in [0.2, 0.25) is 5.91 Å². The standard InChI is InChI=1S/C13H26N2O/c1-3-4-5-8-15-13(16)10-12-11(2)7-6-9-14-12/h11-12,14H,3-10H2,1-2H3,(H,15,16). The van der Waals surface area contributed by atoms with Gasteiger partial charge in [-0.15, -0.1) is 0 Å². The third-order valence-electron chi connectivity index (χ3n) is 3.44. The zero-order valence-electron chi connectivity index (χ0n) is 10.7. The summed E-state index contributed by atoms with van der Waals surface area (Å²) in [6.45, 7) is 6.32. The highest BCUT2D eigenvalue weighted by molar-refractivity contribution is 5.76. The molecule has 1 aliphatic heterocycles. The smallest absolute Gasteiger partial charge is 0.221 e. The van der Waals surface area contributed by atoms with E-state index < -0.39 is 0 Å². The Bertz CT molecular complexity index is 206. The molecule has 0 aromatic rings. The van der Waals surface area contributed by atoms with Gasteiger partial charge in [0.25, 0.3) is 0 Å². The van der Waals surface area contributed by atoms with E-state index in [1.54, 1.807) is 0 Å². The summed E-state index contributed by atoms with van der Waals surface area (Å²) >= 11 is 0. The summed E-state index contributed by atoms with van der Waals surface area (Å²) in [5, 5.41) is 6.45. The molecule has 94 valence electrons. The van der Waals surface area contributed by atoms with Gasteiger partial charge in [0.15, 0.2) is 0 Å². The van der Waals surface area contributed by atoms with E-state index in [-0.39, 0.29) is 5.91 Å². The van der Waals surface area contributed by atoms with E-state index in [0.29, 0.717) is 18.4 Å². The van der Waals surface area contributed by atoms with Crippen molar-refractivity contribution in [2.45, 2.75) is 58.4 Å². The van der Waals surface area contributed by atoms with E-state index in [1.807, 2.05) is 0 Å². The van der Waals surface area contributed by atoms with E-state index >= 15 is 0 Å². The van der Waals surface area contributed by atoms with Crippen molar-refractivity contribution in [1.82, 2.24) is 10.6 Å². The van der Waals surface area contributed by atoms with Gasteiger partial charge in [-0.05, 0) is 31.7 Å². The van der Waals surface area contributed by atoms with Crippen molar-refractivity contribution in [1.29, 1.82) is 0 Å². The molecule has 1 amide bonds. The number of unbranched alkanes of at least 4 members (excludes halogenated alkanes) is 2. The van der Waals surface area contributed by atoms with Gasteiger partial charge in [-0.25, -0.2) is 0 Å². The minimum atomic E-state index is 0.211. The van der Waals surface area contributed by atoms with E-state index in [4.69, 9.17) is 0 Å². The summed E-state index contributed by atoms with van der Waals surface area (Å²) in [6, 6.07) is 0.389. The number of hydrogen-bond acceptors (Lipinski definition) is 2. The van der Waals surface area contributed by atoms with Crippen LogP contribution in [0.2, 0.25) is 0 Å². The van der Waals surface area contributed by atoms with Gasteiger partial charge in [0.1, 0.15) is 0 Å². The number of amides is 1. The van der Waals surface area contributed by atoms with Crippen molar-refractivity contribution in [3.8, 4) is 0 Å². The van der Waals surface area contributed by atoms with Crippen LogP contribution in [0.5, 0.6) is 0 Å². The highest BCUT2D eigenvalue weighted by Gasteiger charge is 2.22. The quantitative estimate of drug-likeness (QED) is 0.681. The molecule has 0 aromatic carbocycles. The Kier molecular flexibility index (Phi) is 6.46. The summed E-state index contributed by atoms with van der Waals surface area (Å²) in [5.74, 6) is 0.845. The lowest BCUT2D eigenvalue weighted by Crippen LogP contribution is -2.43. The van der Waals surface area contributed by atoms with Crippen molar-refractivity contribution < 1.29 is 4.79 Å². The predicted molar refractivity (Wildman–Crippen MR) is 67.3 cm³/mol. The molecule has 2 N–H and O–H groups in total. The van der Waals surface area contributed by atoms with E-state index in [9.17, 15) is 4.79 Å². The Morgan fingerprint density at radius 1 is 1.44 bits per heavy atom. The molecule has 0 spiro atoms. The molecule has 3 nitrogen and oxygen atoms in total. The van der Waals surface area contributed by atoms with Gasteiger partial charge < -0.3 is 10.6 Å². The first-order valence-electron chi connectivity index (χ1n) is 6.74. The fourth-order valence-electron chi connectivity index (χ4n) is 2.26. The molecule has 16 heavy (non-hydrogen) atoms. The fraction of sp³-hybridized carbons (Fsp3) is 0.923. The first-order chi connectivity index (χ1) is 7.74. The molecule has 1 fully saturated rings. The highest BCUT2D eigenvalue weighted by atomic mass is 16.1. The maximum absolute atomic E-state index is 11.7. The van der Waals surface area contributed by atoms with Crippen LogP contribution in [0.4, 0.5) is 0 Å². The van der Waals surface area contributed by atoms with E-state index in [2.05, 4.69) is 24.5 Å². The van der Waals surface area contributed by atoms with Gasteiger partial charge in [-0.3, -0.25) is 4.79 Å². The van der Waals surface area contributed by atoms with Gasteiger partial charge in [-0.2, -0.15) is 0 Å². The van der Waals surface area contributed by atoms with Crippen LogP contribution in [0.25, 0.3) is 0 Å². The maximum Gasteiger partial charge on any atom is 0.221 e. The molecule has 1 heterocycles. The fourth-order valence-corrected chi connectivity index (χ4v) is 2.26. The monoisotopic (exact) mass is 226 g/mol. The molecule has 0 saturated carbocycles. The Labute approximate surface area is 99.4 Å². The number of rotatable bonds is 6. The number of carbonyl (C=O) groups excluding carboxylic acids is 1. The minimum absolute atomic E-state index is 0.211. The highest BCUT2D eigenvalue weighted by Crippen LogP contribution is 2.17. The molecule has 1 saturated heterocycles. The molecule has 0 bridgehead atoms. The van der Waals surface area contributed by atoms with Crippen LogP contribution in [-0.2, 0) is 4.79 Å². The van der Waals surface area contributed by atoms with Crippen LogP contribution in [0.1, 0.15) is 52.4 Å². The summed E-state index contributed by atoms with van der Waals surface area (Å²) in [5.41, 5.74) is 0. The normalized spacial score (nSPS) is 25.4. The third-order valence-corrected chi connectivity index (χ3v) is 3.44. The third kappa shape index (κ3) is 4.97. The van der Waals surface area contributed by atoms with Gasteiger partial charge >= 0.3 is 0 Å². The van der Waals surface area contributed by atoms with Gasteiger partial charge in [-0.1, -0.05) is 26.7 Å². The van der Waals surface area contributed by atoms with Crippen molar-refractivity contribution in [2.75, 3.05) is 13.1 Å². The first-order valence-corrected chi connectivity index (χ1v) is 6.74. The molecule has 1 rings (SSSR count). The summed E-state index contributed by atoms with van der Waals surface area (Å²) in [4.78, 5) is 11.7. The van der Waals surface area contributed by atoms with Crippen LogP contribution in [0.15, 0.2) is 0 Å². The Morgan fingerprint density at radius 2 is 2.25 bits per heavy atom. The number of nitrogens with one attached hydrogen (secondary N) is 2. The second-order valence-corrected chi connectivity index (χ2v) is 4.94. The molecule has 0 aliphatic carbocycles. The molecule has 0 radical (unpaired) electrons. The lowest BCUT2D eigenvalue weighted by atomic mass is 9.90. The lowest BCUT2D eigenvalue weighted by molar-refractivity contribution is -0.122. The van der Waals surface area contributed by atoms with Crippen LogP contribution in [0.3, 0.4) is 0 Å². The number of piperidine rings is 1. The summed E-state index contributed by atoms with van der Waals surface area (Å²) in [6.07, 6.45) is 6.66. The summed E-state index contributed by atoms with van der Waals surface area (Å²) in [7, 11) is 0. The Hall–Kier alpha value is -0.570. The second kappa shape index (κ2) is 7.66. The molecule has 2 atom stereocenters. The average molecular weight is 226 g/mol. The molecule has 1 aliphatic rings. The molecule has 3 heteroatoms. The van der Waals surface area contributed by atoms with Gasteiger partial charge in [0.05, 0.1) is 0 Å². The van der Waals surface area contributed by atoms with Crippen molar-refractivity contribution in [3.63, 3.8) is 0 Å². The number of hydrogen-bond donors (Lipinski definition) is 2. The SMILES string of the molecule is CCCCCNC(=O)CC1NCCCC1C. The second-order valence-electron chi connectivity index (χ2n) is 4.94. The molecular weight excluding hydrogens is 200 g/mol. The zero-order chi connectivity index (χ0) is 11.8. The Morgan fingerprint density at radius 3 is 2.94 bits per heavy atom. The van der Waals surface area contributed by atoms with Crippen molar-refractivity contribution in [2.24, 2.45) is 5.92 Å². The largest absolute Gasteiger partial charge is 0.356 e. The number of carbonyl (C=O) groups is 1. The van der Waals surface area contributed by atoms with Crippen molar-refractivity contribution >= 4 is 5.91 Å². The lowest BCUT2D eigenvalue weighted by Gasteiger charge is -2.29. The van der Waals surface area contributed by atoms with Crippen LogP contribution in [0, 0.1) is 5.92 Å². The van der Waals surface area contributed by atoms with E-state index in [0.717, 1.165) is 19.5 Å². The molecular formula is C13H26N2O. The predicted octanol–water partition coefficient (Wildman–Crippen LogP) is 2.07. The molecule has 2 unspecified atom stereocenters. The molecule has 0 aromatic heterocycles. The first kappa shape index (κ1) is 13.5. The van der Waals surface area contributed by atoms with Crippen molar-refractivity contribution in [3.05, 3.63) is 0 Å². The Balaban J connectivity index is 2.12. The zero-order valence-corrected chi connectivity index (χ0v) is 10.7. The van der Waals surface area contributed by atoms with E-state index in [1.165, 1.54) is 25.7 Å². The summed E-state index contributed by atoms with van der Waals surface area (Å²) < 4.78 is 0. The van der Waals surface area contributed by atoms with Gasteiger partial charge in [0, 0.05) is 19.0 Å². The topological polar surface area (TPSA) is 41.1 Å².